The topological polar surface area (TPSA) is 46.6 Å². The Kier molecular flexibility index (Phi) is 6.57. The Morgan fingerprint density at radius 3 is 2.48 bits per heavy atom. The van der Waals surface area contributed by atoms with Crippen LogP contribution in [0.2, 0.25) is 0 Å². The first-order chi connectivity index (χ1) is 13.0. The fraction of sp³-hybridized carbons (Fsp3) is 0.100. The Morgan fingerprint density at radius 2 is 1.78 bits per heavy atom. The molecule has 0 spiro atoms. The standard InChI is InChI=1S/C20H15Br2NO3S/c1-2-9-23-19(24)18(27-20(23)25)11-14-10-16(22)7-8-17(14)26-12-13-3-5-15(21)6-4-13/h2-8,10-11H,1,9,12H2/b18-11+. The highest BCUT2D eigenvalue weighted by molar-refractivity contribution is 9.10. The molecule has 2 aromatic carbocycles. The molecule has 3 rings (SSSR count). The summed E-state index contributed by atoms with van der Waals surface area (Å²) in [6.45, 7) is 4.18. The number of nitrogens with zero attached hydrogens (tertiary/aromatic N) is 1. The molecule has 0 aliphatic carbocycles. The van der Waals surface area contributed by atoms with E-state index in [0.717, 1.165) is 31.8 Å². The molecule has 1 heterocycles. The predicted octanol–water partition coefficient (Wildman–Crippen LogP) is 6.01. The second-order valence-corrected chi connectivity index (χ2v) is 8.50. The van der Waals surface area contributed by atoms with Gasteiger partial charge in [-0.15, -0.1) is 6.58 Å². The molecule has 0 bridgehead atoms. The molecular weight excluding hydrogens is 494 g/mol. The maximum absolute atomic E-state index is 12.4. The molecule has 7 heteroatoms. The van der Waals surface area contributed by atoms with E-state index in [2.05, 4.69) is 38.4 Å². The summed E-state index contributed by atoms with van der Waals surface area (Å²) in [6, 6.07) is 13.4. The minimum atomic E-state index is -0.316. The van der Waals surface area contributed by atoms with Crippen molar-refractivity contribution < 1.29 is 14.3 Å². The van der Waals surface area contributed by atoms with E-state index < -0.39 is 0 Å². The van der Waals surface area contributed by atoms with Gasteiger partial charge in [0.2, 0.25) is 0 Å². The third kappa shape index (κ3) is 4.91. The summed E-state index contributed by atoms with van der Waals surface area (Å²) in [7, 11) is 0. The lowest BCUT2D eigenvalue weighted by atomic mass is 10.1. The SMILES string of the molecule is C=CCN1C(=O)S/C(=C/c2cc(Br)ccc2OCc2ccc(Br)cc2)C1=O. The van der Waals surface area contributed by atoms with Crippen LogP contribution in [-0.2, 0) is 11.4 Å². The van der Waals surface area contributed by atoms with E-state index in [-0.39, 0.29) is 17.7 Å². The van der Waals surface area contributed by atoms with Crippen LogP contribution in [0, 0.1) is 0 Å². The Morgan fingerprint density at radius 1 is 1.07 bits per heavy atom. The van der Waals surface area contributed by atoms with Crippen LogP contribution < -0.4 is 4.74 Å². The number of rotatable bonds is 6. The van der Waals surface area contributed by atoms with E-state index in [0.29, 0.717) is 17.3 Å². The van der Waals surface area contributed by atoms with Crippen molar-refractivity contribution in [3.05, 3.63) is 80.1 Å². The van der Waals surface area contributed by atoms with Gasteiger partial charge in [-0.25, -0.2) is 0 Å². The van der Waals surface area contributed by atoms with E-state index in [1.54, 1.807) is 6.08 Å². The minimum absolute atomic E-state index is 0.202. The number of thioether (sulfide) groups is 1. The highest BCUT2D eigenvalue weighted by Gasteiger charge is 2.34. The van der Waals surface area contributed by atoms with Gasteiger partial charge in [-0.2, -0.15) is 0 Å². The lowest BCUT2D eigenvalue weighted by Crippen LogP contribution is -2.27. The zero-order valence-electron chi connectivity index (χ0n) is 14.2. The van der Waals surface area contributed by atoms with Crippen LogP contribution in [-0.4, -0.2) is 22.6 Å². The van der Waals surface area contributed by atoms with Gasteiger partial charge >= 0.3 is 0 Å². The van der Waals surface area contributed by atoms with E-state index >= 15 is 0 Å². The molecule has 1 saturated heterocycles. The number of hydrogen-bond donors (Lipinski definition) is 0. The molecule has 0 N–H and O–H groups in total. The van der Waals surface area contributed by atoms with Crippen LogP contribution in [0.1, 0.15) is 11.1 Å². The van der Waals surface area contributed by atoms with Crippen LogP contribution in [0.4, 0.5) is 4.79 Å². The van der Waals surface area contributed by atoms with Gasteiger partial charge in [0.05, 0.1) is 4.91 Å². The number of carbonyl (C=O) groups is 2. The molecule has 2 amide bonds. The van der Waals surface area contributed by atoms with Gasteiger partial charge in [-0.1, -0.05) is 50.1 Å². The summed E-state index contributed by atoms with van der Waals surface area (Å²) in [6.07, 6.45) is 3.22. The van der Waals surface area contributed by atoms with Gasteiger partial charge in [-0.05, 0) is 53.7 Å². The van der Waals surface area contributed by atoms with E-state index in [1.165, 1.54) is 11.0 Å². The highest BCUT2D eigenvalue weighted by atomic mass is 79.9. The summed E-state index contributed by atoms with van der Waals surface area (Å²) in [4.78, 5) is 26.0. The van der Waals surface area contributed by atoms with Gasteiger partial charge < -0.3 is 4.74 Å². The first-order valence-electron chi connectivity index (χ1n) is 8.01. The molecule has 0 atom stereocenters. The van der Waals surface area contributed by atoms with E-state index in [9.17, 15) is 9.59 Å². The maximum Gasteiger partial charge on any atom is 0.293 e. The molecular formula is C20H15Br2NO3S. The monoisotopic (exact) mass is 507 g/mol. The lowest BCUT2D eigenvalue weighted by Gasteiger charge is -2.11. The van der Waals surface area contributed by atoms with Crippen molar-refractivity contribution in [3.63, 3.8) is 0 Å². The summed E-state index contributed by atoms with van der Waals surface area (Å²) in [5, 5.41) is -0.293. The average Bonchev–Trinajstić information content (AvgIpc) is 2.90. The van der Waals surface area contributed by atoms with Gasteiger partial charge in [0.15, 0.2) is 0 Å². The fourth-order valence-corrected chi connectivity index (χ4v) is 3.92. The summed E-state index contributed by atoms with van der Waals surface area (Å²) >= 11 is 7.77. The molecule has 4 nitrogen and oxygen atoms in total. The molecule has 0 aromatic heterocycles. The van der Waals surface area contributed by atoms with Crippen molar-refractivity contribution in [1.82, 2.24) is 4.90 Å². The van der Waals surface area contributed by atoms with E-state index in [4.69, 9.17) is 4.74 Å². The molecule has 1 fully saturated rings. The first kappa shape index (κ1) is 19.9. The van der Waals surface area contributed by atoms with Crippen LogP contribution >= 0.6 is 43.6 Å². The normalized spacial score (nSPS) is 15.5. The average molecular weight is 509 g/mol. The number of ether oxygens (including phenoxy) is 1. The Labute approximate surface area is 178 Å². The van der Waals surface area contributed by atoms with Crippen LogP contribution in [0.3, 0.4) is 0 Å². The van der Waals surface area contributed by atoms with Crippen LogP contribution in [0.25, 0.3) is 6.08 Å². The zero-order valence-corrected chi connectivity index (χ0v) is 18.1. The summed E-state index contributed by atoms with van der Waals surface area (Å²) < 4.78 is 7.81. The molecule has 0 saturated carbocycles. The molecule has 2 aromatic rings. The van der Waals surface area contributed by atoms with Gasteiger partial charge in [-0.3, -0.25) is 14.5 Å². The molecule has 27 heavy (non-hydrogen) atoms. The fourth-order valence-electron chi connectivity index (χ4n) is 2.43. The Bertz CT molecular complexity index is 925. The molecule has 1 aliphatic heterocycles. The van der Waals surface area contributed by atoms with Gasteiger partial charge in [0.25, 0.3) is 11.1 Å². The quantitative estimate of drug-likeness (QED) is 0.354. The third-order valence-corrected chi connectivity index (χ3v) is 5.68. The van der Waals surface area contributed by atoms with Crippen molar-refractivity contribution in [2.75, 3.05) is 6.54 Å². The smallest absolute Gasteiger partial charge is 0.293 e. The molecule has 138 valence electrons. The Hall–Kier alpha value is -1.83. The highest BCUT2D eigenvalue weighted by Crippen LogP contribution is 2.35. The molecule has 0 unspecified atom stereocenters. The van der Waals surface area contributed by atoms with Gasteiger partial charge in [0, 0.05) is 21.1 Å². The van der Waals surface area contributed by atoms with Crippen LogP contribution in [0.15, 0.2) is 69.0 Å². The number of amides is 2. The van der Waals surface area contributed by atoms with Crippen LogP contribution in [0.5, 0.6) is 5.75 Å². The first-order valence-corrected chi connectivity index (χ1v) is 10.4. The molecule has 0 radical (unpaired) electrons. The molecule has 1 aliphatic rings. The number of benzene rings is 2. The Balaban J connectivity index is 1.84. The lowest BCUT2D eigenvalue weighted by molar-refractivity contribution is -0.122. The second-order valence-electron chi connectivity index (χ2n) is 5.68. The van der Waals surface area contributed by atoms with Crippen molar-refractivity contribution in [3.8, 4) is 5.75 Å². The number of carbonyl (C=O) groups excluding carboxylic acids is 2. The zero-order chi connectivity index (χ0) is 19.4. The minimum Gasteiger partial charge on any atom is -0.488 e. The number of halogens is 2. The summed E-state index contributed by atoms with van der Waals surface area (Å²) in [5.74, 6) is 0.320. The summed E-state index contributed by atoms with van der Waals surface area (Å²) in [5.41, 5.74) is 1.75. The van der Waals surface area contributed by atoms with Crippen molar-refractivity contribution in [2.24, 2.45) is 0 Å². The second kappa shape index (κ2) is 8.91. The van der Waals surface area contributed by atoms with E-state index in [1.807, 2.05) is 42.5 Å². The van der Waals surface area contributed by atoms with Crippen molar-refractivity contribution in [1.29, 1.82) is 0 Å². The van der Waals surface area contributed by atoms with Crippen molar-refractivity contribution in [2.45, 2.75) is 6.61 Å². The number of hydrogen-bond acceptors (Lipinski definition) is 4. The van der Waals surface area contributed by atoms with Crippen molar-refractivity contribution >= 4 is 60.8 Å². The number of imide groups is 1. The third-order valence-electron chi connectivity index (χ3n) is 3.75. The largest absolute Gasteiger partial charge is 0.488 e. The van der Waals surface area contributed by atoms with Gasteiger partial charge in [0.1, 0.15) is 12.4 Å². The predicted molar refractivity (Wildman–Crippen MR) is 115 cm³/mol. The maximum atomic E-state index is 12.4.